The lowest BCUT2D eigenvalue weighted by atomic mass is 9.99. The van der Waals surface area contributed by atoms with Crippen LogP contribution >= 0.6 is 0 Å². The van der Waals surface area contributed by atoms with Gasteiger partial charge in [0.15, 0.2) is 6.29 Å². The number of nitrogens with one attached hydrogen (secondary N) is 1. The van der Waals surface area contributed by atoms with Crippen LogP contribution < -0.4 is 5.32 Å². The highest BCUT2D eigenvalue weighted by Crippen LogP contribution is 2.26. The summed E-state index contributed by atoms with van der Waals surface area (Å²) in [7, 11) is -5.12. The average Bonchev–Trinajstić information content (AvgIpc) is 3.12. The van der Waals surface area contributed by atoms with Gasteiger partial charge in [0.1, 0.15) is 30.5 Å². The largest absolute Gasteiger partial charge is 0.397 e. The van der Waals surface area contributed by atoms with Crippen molar-refractivity contribution in [2.45, 2.75) is 178 Å². The van der Waals surface area contributed by atoms with E-state index in [0.717, 1.165) is 51.4 Å². The maximum Gasteiger partial charge on any atom is 0.397 e. The van der Waals surface area contributed by atoms with Gasteiger partial charge in [-0.1, -0.05) is 113 Å². The molecular weight excluding hydrogens is 706 g/mol. The van der Waals surface area contributed by atoms with Crippen molar-refractivity contribution in [1.82, 2.24) is 5.32 Å². The van der Waals surface area contributed by atoms with Crippen molar-refractivity contribution in [2.75, 3.05) is 13.2 Å². The summed E-state index contributed by atoms with van der Waals surface area (Å²) in [6.45, 7) is 2.90. The quantitative estimate of drug-likeness (QED) is 0.0278. The van der Waals surface area contributed by atoms with Crippen LogP contribution in [0, 0.1) is 0 Å². The first-order valence-electron chi connectivity index (χ1n) is 19.6. The van der Waals surface area contributed by atoms with Gasteiger partial charge in [-0.3, -0.25) is 9.35 Å². The van der Waals surface area contributed by atoms with Crippen LogP contribution in [0.3, 0.4) is 0 Å². The molecule has 8 atom stereocenters. The molecule has 14 heteroatoms. The fraction of sp³-hybridized carbons (Fsp3) is 0.769. The lowest BCUT2D eigenvalue weighted by molar-refractivity contribution is -0.298. The molecule has 1 rings (SSSR count). The topological polar surface area (TPSA) is 212 Å². The second-order valence-corrected chi connectivity index (χ2v) is 14.7. The smallest absolute Gasteiger partial charge is 0.394 e. The molecule has 1 heterocycles. The third kappa shape index (κ3) is 23.5. The first-order valence-corrected chi connectivity index (χ1v) is 21.0. The Morgan fingerprint density at radius 3 is 1.92 bits per heavy atom. The normalized spacial score (nSPS) is 23.1. The van der Waals surface area contributed by atoms with Crippen LogP contribution in [0.25, 0.3) is 0 Å². The van der Waals surface area contributed by atoms with E-state index in [1.54, 1.807) is 6.08 Å². The molecule has 1 saturated heterocycles. The summed E-state index contributed by atoms with van der Waals surface area (Å²) in [4.78, 5) is 13.0. The van der Waals surface area contributed by atoms with Crippen LogP contribution in [-0.2, 0) is 28.9 Å². The predicted molar refractivity (Wildman–Crippen MR) is 205 cm³/mol. The number of hydrogen-bond donors (Lipinski definition) is 7. The Bertz CT molecular complexity index is 1160. The highest BCUT2D eigenvalue weighted by molar-refractivity contribution is 7.80. The van der Waals surface area contributed by atoms with Crippen LogP contribution in [0.1, 0.15) is 129 Å². The number of allylic oxidation sites excluding steroid dienone is 7. The summed E-state index contributed by atoms with van der Waals surface area (Å²) >= 11 is 0. The summed E-state index contributed by atoms with van der Waals surface area (Å²) in [5.41, 5.74) is 0. The second-order valence-electron chi connectivity index (χ2n) is 13.6. The predicted octanol–water partition coefficient (Wildman–Crippen LogP) is 5.12. The maximum absolute atomic E-state index is 13.0. The Hall–Kier alpha value is -1.98. The Morgan fingerprint density at radius 1 is 0.792 bits per heavy atom. The molecule has 0 aromatic carbocycles. The number of aliphatic hydroxyl groups excluding tert-OH is 5. The minimum atomic E-state index is -5.12. The van der Waals surface area contributed by atoms with Gasteiger partial charge in [-0.05, 0) is 64.7 Å². The lowest BCUT2D eigenvalue weighted by Crippen LogP contribution is -2.61. The van der Waals surface area contributed by atoms with E-state index in [0.29, 0.717) is 12.8 Å². The fourth-order valence-corrected chi connectivity index (χ4v) is 6.35. The van der Waals surface area contributed by atoms with Crippen molar-refractivity contribution in [1.29, 1.82) is 0 Å². The van der Waals surface area contributed by atoms with Gasteiger partial charge >= 0.3 is 10.4 Å². The van der Waals surface area contributed by atoms with Crippen molar-refractivity contribution in [3.8, 4) is 0 Å². The Morgan fingerprint density at radius 2 is 1.34 bits per heavy atom. The van der Waals surface area contributed by atoms with Gasteiger partial charge < -0.3 is 40.3 Å². The zero-order chi connectivity index (χ0) is 39.3. The molecular formula is C39H69NO12S. The first-order chi connectivity index (χ1) is 25.4. The van der Waals surface area contributed by atoms with Gasteiger partial charge in [-0.15, -0.1) is 0 Å². The summed E-state index contributed by atoms with van der Waals surface area (Å²) in [6.07, 6.45) is 22.5. The van der Waals surface area contributed by atoms with Crippen molar-refractivity contribution >= 4 is 16.3 Å². The standard InChI is InChI=1S/C39H69NO12S/c1-3-5-7-9-11-13-14-15-16-17-18-20-22-24-26-28-33(43)38(46)40-31(32(42)27-25-23-21-19-12-10-8-6-4-2)30-50-39-36(45)37(52-53(47,48)49)35(44)34(29-41)51-39/h4,6,12,16-17,19,25,27,31-37,39,41-45H,3,5,7-11,13-15,18,20-24,26,28-30H2,1-2H3,(H,40,46)(H,47,48,49)/b6-4+,17-16-,19-12+,27-25+. The second kappa shape index (κ2) is 30.3. The van der Waals surface area contributed by atoms with Gasteiger partial charge in [-0.25, -0.2) is 4.18 Å². The number of hydrogen-bond acceptors (Lipinski definition) is 11. The minimum absolute atomic E-state index is 0.217. The number of aliphatic hydroxyl groups is 5. The monoisotopic (exact) mass is 775 g/mol. The van der Waals surface area contributed by atoms with E-state index in [-0.39, 0.29) is 6.42 Å². The van der Waals surface area contributed by atoms with Crippen molar-refractivity contribution in [3.05, 3.63) is 48.6 Å². The minimum Gasteiger partial charge on any atom is -0.394 e. The molecule has 1 amide bonds. The van der Waals surface area contributed by atoms with Gasteiger partial charge in [0.25, 0.3) is 0 Å². The van der Waals surface area contributed by atoms with Crippen molar-refractivity contribution in [2.24, 2.45) is 0 Å². The number of carbonyl (C=O) groups is 1. The summed E-state index contributed by atoms with van der Waals surface area (Å²) in [5.74, 6) is -0.732. The Kier molecular flexibility index (Phi) is 28.0. The SMILES string of the molecule is C/C=C/CC/C=C/CC/C=C/C(O)C(COC1OC(CO)C(O)C(OS(=O)(=O)O)C1O)NC(=O)C(O)CCCCCC/C=C\CCCCCCCCC. The van der Waals surface area contributed by atoms with Crippen LogP contribution in [0.5, 0.6) is 0 Å². The molecule has 0 radical (unpaired) electrons. The molecule has 0 aromatic heterocycles. The maximum atomic E-state index is 13.0. The molecule has 0 aliphatic carbocycles. The Labute approximate surface area is 318 Å². The molecule has 0 aromatic rings. The molecule has 8 unspecified atom stereocenters. The van der Waals surface area contributed by atoms with Crippen LogP contribution in [-0.4, -0.2) is 107 Å². The zero-order valence-corrected chi connectivity index (χ0v) is 32.7. The summed E-state index contributed by atoms with van der Waals surface area (Å²) < 4.78 is 47.2. The van der Waals surface area contributed by atoms with Crippen molar-refractivity contribution in [3.63, 3.8) is 0 Å². The fourth-order valence-electron chi connectivity index (χ4n) is 5.84. The number of rotatable bonds is 31. The zero-order valence-electron chi connectivity index (χ0n) is 31.9. The average molecular weight is 776 g/mol. The number of ether oxygens (including phenoxy) is 2. The van der Waals surface area contributed by atoms with Crippen molar-refractivity contribution < 1.29 is 57.0 Å². The molecule has 308 valence electrons. The number of amides is 1. The van der Waals surface area contributed by atoms with Crippen LogP contribution in [0.2, 0.25) is 0 Å². The lowest BCUT2D eigenvalue weighted by Gasteiger charge is -2.41. The van der Waals surface area contributed by atoms with Crippen LogP contribution in [0.4, 0.5) is 0 Å². The summed E-state index contributed by atoms with van der Waals surface area (Å²) in [5, 5.41) is 54.7. The highest BCUT2D eigenvalue weighted by Gasteiger charge is 2.48. The van der Waals surface area contributed by atoms with E-state index in [1.165, 1.54) is 51.0 Å². The molecule has 1 aliphatic heterocycles. The molecule has 53 heavy (non-hydrogen) atoms. The third-order valence-corrected chi connectivity index (χ3v) is 9.48. The van der Waals surface area contributed by atoms with E-state index in [2.05, 4.69) is 40.7 Å². The number of carbonyl (C=O) groups excluding carboxylic acids is 1. The first kappa shape index (κ1) is 49.0. The molecule has 0 spiro atoms. The van der Waals surface area contributed by atoms with Gasteiger partial charge in [0.05, 0.1) is 25.4 Å². The summed E-state index contributed by atoms with van der Waals surface area (Å²) in [6, 6.07) is -1.14. The van der Waals surface area contributed by atoms with Crippen LogP contribution in [0.15, 0.2) is 48.6 Å². The third-order valence-electron chi connectivity index (χ3n) is 9.01. The van der Waals surface area contributed by atoms with E-state index in [4.69, 9.17) is 14.0 Å². The molecule has 0 bridgehead atoms. The van der Waals surface area contributed by atoms with E-state index in [1.807, 2.05) is 19.1 Å². The van der Waals surface area contributed by atoms with Gasteiger partial charge in [-0.2, -0.15) is 8.42 Å². The van der Waals surface area contributed by atoms with E-state index >= 15 is 0 Å². The highest BCUT2D eigenvalue weighted by atomic mass is 32.3. The van der Waals surface area contributed by atoms with Gasteiger partial charge in [0.2, 0.25) is 5.91 Å². The molecule has 7 N–H and O–H groups in total. The molecule has 1 fully saturated rings. The van der Waals surface area contributed by atoms with E-state index < -0.39 is 78.5 Å². The van der Waals surface area contributed by atoms with Gasteiger partial charge in [0, 0.05) is 0 Å². The number of unbranched alkanes of at least 4 members (excludes halogenated alkanes) is 13. The van der Waals surface area contributed by atoms with E-state index in [9.17, 15) is 38.7 Å². The Balaban J connectivity index is 2.68. The molecule has 13 nitrogen and oxygen atoms in total. The molecule has 1 aliphatic rings. The molecule has 0 saturated carbocycles.